The molecule has 1 aromatic heterocycles. The average Bonchev–Trinajstić information content (AvgIpc) is 2.52. The number of benzene rings is 1. The van der Waals surface area contributed by atoms with E-state index in [4.69, 9.17) is 10.5 Å². The molecule has 0 aliphatic rings. The van der Waals surface area contributed by atoms with Crippen LogP contribution in [-0.2, 0) is 12.6 Å². The molecule has 0 unspecified atom stereocenters. The van der Waals surface area contributed by atoms with E-state index < -0.39 is 11.7 Å². The predicted octanol–water partition coefficient (Wildman–Crippen LogP) is 3.74. The normalized spacial score (nSPS) is 13.0. The first kappa shape index (κ1) is 16.3. The molecule has 0 amide bonds. The number of pyridine rings is 1. The summed E-state index contributed by atoms with van der Waals surface area (Å²) in [5.41, 5.74) is 6.94. The number of nitrogens with two attached hydrogens (primary N) is 1. The molecule has 1 aromatic carbocycles. The second-order valence-electron chi connectivity index (χ2n) is 4.94. The molecule has 2 rings (SSSR count). The summed E-state index contributed by atoms with van der Waals surface area (Å²) in [6.45, 7) is 0. The fourth-order valence-electron chi connectivity index (χ4n) is 2.08. The van der Waals surface area contributed by atoms with Gasteiger partial charge >= 0.3 is 6.18 Å². The van der Waals surface area contributed by atoms with Crippen LogP contribution < -0.4 is 10.5 Å². The van der Waals surface area contributed by atoms with Crippen molar-refractivity contribution in [2.24, 2.45) is 5.73 Å². The van der Waals surface area contributed by atoms with Crippen LogP contribution in [0.15, 0.2) is 42.5 Å². The maximum atomic E-state index is 12.5. The molecule has 0 saturated carbocycles. The van der Waals surface area contributed by atoms with Gasteiger partial charge in [-0.05, 0) is 36.6 Å². The van der Waals surface area contributed by atoms with Crippen molar-refractivity contribution < 1.29 is 17.9 Å². The highest BCUT2D eigenvalue weighted by Gasteiger charge is 2.29. The van der Waals surface area contributed by atoms with E-state index in [0.717, 1.165) is 17.7 Å². The number of rotatable bonds is 5. The number of nitrogens with zero attached hydrogens (tertiary/aromatic N) is 1. The highest BCUT2D eigenvalue weighted by atomic mass is 19.4. The van der Waals surface area contributed by atoms with E-state index in [1.54, 1.807) is 18.2 Å². The van der Waals surface area contributed by atoms with Crippen LogP contribution in [-0.4, -0.2) is 12.1 Å². The Morgan fingerprint density at radius 1 is 1.14 bits per heavy atom. The fourth-order valence-corrected chi connectivity index (χ4v) is 2.08. The molecular weight excluding hydrogens is 293 g/mol. The lowest BCUT2D eigenvalue weighted by Crippen LogP contribution is -2.13. The molecule has 0 saturated heterocycles. The van der Waals surface area contributed by atoms with E-state index in [1.165, 1.54) is 19.2 Å². The molecule has 0 aliphatic heterocycles. The van der Waals surface area contributed by atoms with Crippen molar-refractivity contribution >= 4 is 0 Å². The van der Waals surface area contributed by atoms with Gasteiger partial charge in [-0.1, -0.05) is 18.2 Å². The largest absolute Gasteiger partial charge is 0.481 e. The van der Waals surface area contributed by atoms with Crippen molar-refractivity contribution in [1.29, 1.82) is 0 Å². The summed E-state index contributed by atoms with van der Waals surface area (Å²) in [4.78, 5) is 4.25. The third kappa shape index (κ3) is 4.21. The first-order valence-electron chi connectivity index (χ1n) is 6.83. The van der Waals surface area contributed by atoms with Crippen LogP contribution in [0.1, 0.15) is 29.3 Å². The Hall–Kier alpha value is -2.08. The molecular formula is C16H17F3N2O. The Balaban J connectivity index is 1.97. The van der Waals surface area contributed by atoms with Gasteiger partial charge in [-0.2, -0.15) is 13.2 Å². The molecule has 6 heteroatoms. The van der Waals surface area contributed by atoms with Gasteiger partial charge in [0.2, 0.25) is 5.88 Å². The van der Waals surface area contributed by atoms with Crippen LogP contribution in [0.4, 0.5) is 13.2 Å². The second kappa shape index (κ2) is 6.79. The predicted molar refractivity (Wildman–Crippen MR) is 77.5 cm³/mol. The Morgan fingerprint density at radius 3 is 2.41 bits per heavy atom. The van der Waals surface area contributed by atoms with Gasteiger partial charge < -0.3 is 10.5 Å². The van der Waals surface area contributed by atoms with E-state index in [-0.39, 0.29) is 6.04 Å². The van der Waals surface area contributed by atoms with E-state index in [1.807, 2.05) is 0 Å². The molecule has 1 atom stereocenters. The number of hydrogen-bond donors (Lipinski definition) is 1. The number of ether oxygens (including phenoxy) is 1. The van der Waals surface area contributed by atoms with Gasteiger partial charge in [0.25, 0.3) is 0 Å². The minimum Gasteiger partial charge on any atom is -0.481 e. The number of methoxy groups -OCH3 is 1. The Labute approximate surface area is 126 Å². The van der Waals surface area contributed by atoms with E-state index in [9.17, 15) is 13.2 Å². The molecule has 3 nitrogen and oxygen atoms in total. The SMILES string of the molecule is COc1cccc([C@@H](N)CCc2ccc(C(F)(F)F)cc2)n1. The molecule has 22 heavy (non-hydrogen) atoms. The van der Waals surface area contributed by atoms with Crippen LogP contribution in [0.2, 0.25) is 0 Å². The molecule has 0 bridgehead atoms. The third-order valence-corrected chi connectivity index (χ3v) is 3.36. The highest BCUT2D eigenvalue weighted by molar-refractivity contribution is 5.25. The van der Waals surface area contributed by atoms with Crippen LogP contribution in [0.3, 0.4) is 0 Å². The molecule has 0 radical (unpaired) electrons. The maximum Gasteiger partial charge on any atom is 0.416 e. The van der Waals surface area contributed by atoms with Crippen molar-refractivity contribution in [2.45, 2.75) is 25.1 Å². The van der Waals surface area contributed by atoms with Crippen molar-refractivity contribution in [3.8, 4) is 5.88 Å². The summed E-state index contributed by atoms with van der Waals surface area (Å²) in [6.07, 6.45) is -3.14. The van der Waals surface area contributed by atoms with Gasteiger partial charge in [0, 0.05) is 12.1 Å². The van der Waals surface area contributed by atoms with E-state index in [0.29, 0.717) is 24.4 Å². The summed E-state index contributed by atoms with van der Waals surface area (Å²) in [7, 11) is 1.53. The second-order valence-corrected chi connectivity index (χ2v) is 4.94. The van der Waals surface area contributed by atoms with E-state index in [2.05, 4.69) is 4.98 Å². The van der Waals surface area contributed by atoms with Crippen molar-refractivity contribution in [2.75, 3.05) is 7.11 Å². The van der Waals surface area contributed by atoms with Crippen molar-refractivity contribution in [3.05, 3.63) is 59.3 Å². The number of aromatic nitrogens is 1. The third-order valence-electron chi connectivity index (χ3n) is 3.36. The Bertz CT molecular complexity index is 612. The fraction of sp³-hybridized carbons (Fsp3) is 0.312. The first-order valence-corrected chi connectivity index (χ1v) is 6.83. The number of hydrogen-bond acceptors (Lipinski definition) is 3. The monoisotopic (exact) mass is 310 g/mol. The van der Waals surface area contributed by atoms with Crippen molar-refractivity contribution in [3.63, 3.8) is 0 Å². The number of aryl methyl sites for hydroxylation is 1. The maximum absolute atomic E-state index is 12.5. The zero-order chi connectivity index (χ0) is 16.2. The van der Waals surface area contributed by atoms with Gasteiger partial charge in [-0.25, -0.2) is 4.98 Å². The van der Waals surface area contributed by atoms with Gasteiger partial charge in [0.05, 0.1) is 18.4 Å². The number of halogens is 3. The minimum atomic E-state index is -4.31. The highest BCUT2D eigenvalue weighted by Crippen LogP contribution is 2.29. The molecule has 2 aromatic rings. The first-order chi connectivity index (χ1) is 10.4. The quantitative estimate of drug-likeness (QED) is 0.915. The summed E-state index contributed by atoms with van der Waals surface area (Å²) in [5, 5.41) is 0. The topological polar surface area (TPSA) is 48.1 Å². The van der Waals surface area contributed by atoms with Crippen LogP contribution >= 0.6 is 0 Å². The summed E-state index contributed by atoms with van der Waals surface area (Å²) in [6, 6.07) is 10.2. The molecule has 0 fully saturated rings. The summed E-state index contributed by atoms with van der Waals surface area (Å²) < 4.78 is 42.5. The van der Waals surface area contributed by atoms with Crippen LogP contribution in [0.5, 0.6) is 5.88 Å². The molecule has 0 aliphatic carbocycles. The molecule has 0 spiro atoms. The van der Waals surface area contributed by atoms with Gasteiger partial charge in [-0.3, -0.25) is 0 Å². The van der Waals surface area contributed by atoms with Gasteiger partial charge in [0.15, 0.2) is 0 Å². The minimum absolute atomic E-state index is 0.294. The Kier molecular flexibility index (Phi) is 5.03. The van der Waals surface area contributed by atoms with Crippen molar-refractivity contribution in [1.82, 2.24) is 4.98 Å². The molecule has 2 N–H and O–H groups in total. The lowest BCUT2D eigenvalue weighted by atomic mass is 10.0. The summed E-state index contributed by atoms with van der Waals surface area (Å²) >= 11 is 0. The van der Waals surface area contributed by atoms with Crippen LogP contribution in [0.25, 0.3) is 0 Å². The zero-order valence-corrected chi connectivity index (χ0v) is 12.1. The van der Waals surface area contributed by atoms with E-state index >= 15 is 0 Å². The smallest absolute Gasteiger partial charge is 0.416 e. The lowest BCUT2D eigenvalue weighted by Gasteiger charge is -2.12. The average molecular weight is 310 g/mol. The molecule has 1 heterocycles. The van der Waals surface area contributed by atoms with Gasteiger partial charge in [0.1, 0.15) is 0 Å². The lowest BCUT2D eigenvalue weighted by molar-refractivity contribution is -0.137. The van der Waals surface area contributed by atoms with Gasteiger partial charge in [-0.15, -0.1) is 0 Å². The summed E-state index contributed by atoms with van der Waals surface area (Å²) in [5.74, 6) is 0.488. The number of alkyl halides is 3. The standard InChI is InChI=1S/C16H17F3N2O/c1-22-15-4-2-3-14(21-15)13(20)10-7-11-5-8-12(9-6-11)16(17,18)19/h2-6,8-9,13H,7,10,20H2,1H3/t13-/m0/s1. The Morgan fingerprint density at radius 2 is 1.82 bits per heavy atom. The molecule has 118 valence electrons. The zero-order valence-electron chi connectivity index (χ0n) is 12.1. The van der Waals surface area contributed by atoms with Crippen LogP contribution in [0, 0.1) is 0 Å².